The number of carboxylic acid groups (broad SMARTS) is 1. The summed E-state index contributed by atoms with van der Waals surface area (Å²) in [5.41, 5.74) is 0.598. The van der Waals surface area contributed by atoms with Gasteiger partial charge in [0, 0.05) is 11.8 Å². The molecular formula is C11H16N2O2S2. The highest BCUT2D eigenvalue weighted by Gasteiger charge is 2.16. The lowest BCUT2D eigenvalue weighted by Crippen LogP contribution is -2.19. The lowest BCUT2D eigenvalue weighted by molar-refractivity contribution is 0.0701. The standard InChI is InChI=1S/C11H16N2O2S2/c1-7-9(10(14)15)17-11(13-7)12-6-8-4-2-3-5-16-8/h8H,2-6H2,1H3,(H,12,13)(H,14,15). The molecular weight excluding hydrogens is 256 g/mol. The summed E-state index contributed by atoms with van der Waals surface area (Å²) in [5.74, 6) is 0.351. The lowest BCUT2D eigenvalue weighted by Gasteiger charge is -2.21. The summed E-state index contributed by atoms with van der Waals surface area (Å²) >= 11 is 3.22. The first-order valence-corrected chi connectivity index (χ1v) is 7.59. The third-order valence-electron chi connectivity index (χ3n) is 2.75. The van der Waals surface area contributed by atoms with Crippen molar-refractivity contribution in [3.8, 4) is 0 Å². The van der Waals surface area contributed by atoms with E-state index in [4.69, 9.17) is 5.11 Å². The van der Waals surface area contributed by atoms with Crippen molar-refractivity contribution in [2.24, 2.45) is 0 Å². The molecule has 0 aliphatic carbocycles. The van der Waals surface area contributed by atoms with E-state index in [0.717, 1.165) is 11.7 Å². The summed E-state index contributed by atoms with van der Waals surface area (Å²) in [4.78, 5) is 15.4. The van der Waals surface area contributed by atoms with Gasteiger partial charge in [0.05, 0.1) is 5.69 Å². The fourth-order valence-electron chi connectivity index (χ4n) is 1.84. The first-order chi connectivity index (χ1) is 8.16. The van der Waals surface area contributed by atoms with Crippen molar-refractivity contribution in [1.29, 1.82) is 0 Å². The van der Waals surface area contributed by atoms with Crippen molar-refractivity contribution in [3.05, 3.63) is 10.6 Å². The predicted molar refractivity (Wildman–Crippen MR) is 72.4 cm³/mol. The lowest BCUT2D eigenvalue weighted by atomic mass is 10.2. The number of anilines is 1. The Morgan fingerprint density at radius 2 is 2.41 bits per heavy atom. The quantitative estimate of drug-likeness (QED) is 0.882. The van der Waals surface area contributed by atoms with E-state index in [1.807, 2.05) is 11.8 Å². The Morgan fingerprint density at radius 3 is 3.00 bits per heavy atom. The van der Waals surface area contributed by atoms with Crippen LogP contribution in [0.2, 0.25) is 0 Å². The summed E-state index contributed by atoms with van der Waals surface area (Å²) in [6, 6.07) is 0. The van der Waals surface area contributed by atoms with Crippen LogP contribution in [0.3, 0.4) is 0 Å². The van der Waals surface area contributed by atoms with Gasteiger partial charge in [0.1, 0.15) is 4.88 Å². The molecule has 1 aromatic rings. The largest absolute Gasteiger partial charge is 0.477 e. The topological polar surface area (TPSA) is 62.2 Å². The summed E-state index contributed by atoms with van der Waals surface area (Å²) in [6.45, 7) is 2.62. The molecule has 2 N–H and O–H groups in total. The summed E-state index contributed by atoms with van der Waals surface area (Å²) in [7, 11) is 0. The van der Waals surface area contributed by atoms with Gasteiger partial charge >= 0.3 is 5.97 Å². The van der Waals surface area contributed by atoms with Gasteiger partial charge in [-0.2, -0.15) is 11.8 Å². The van der Waals surface area contributed by atoms with Crippen molar-refractivity contribution >= 4 is 34.2 Å². The van der Waals surface area contributed by atoms with Crippen LogP contribution in [0.25, 0.3) is 0 Å². The molecule has 0 bridgehead atoms. The molecule has 0 spiro atoms. The highest BCUT2D eigenvalue weighted by molar-refractivity contribution is 7.99. The molecule has 1 aliphatic rings. The molecule has 94 valence electrons. The fraction of sp³-hybridized carbons (Fsp3) is 0.636. The van der Waals surface area contributed by atoms with Gasteiger partial charge in [0.2, 0.25) is 0 Å². The van der Waals surface area contributed by atoms with Crippen LogP contribution in [0.4, 0.5) is 5.13 Å². The Balaban J connectivity index is 1.90. The third-order valence-corrected chi connectivity index (χ3v) is 5.25. The first-order valence-electron chi connectivity index (χ1n) is 5.73. The van der Waals surface area contributed by atoms with Gasteiger partial charge in [-0.15, -0.1) is 0 Å². The first kappa shape index (κ1) is 12.7. The third kappa shape index (κ3) is 3.35. The number of carboxylic acids is 1. The van der Waals surface area contributed by atoms with Gasteiger partial charge in [-0.3, -0.25) is 0 Å². The Labute approximate surface area is 109 Å². The number of nitrogens with one attached hydrogen (secondary N) is 1. The van der Waals surface area contributed by atoms with Gasteiger partial charge in [-0.1, -0.05) is 17.8 Å². The predicted octanol–water partition coefficient (Wildman–Crippen LogP) is 2.85. The van der Waals surface area contributed by atoms with Crippen LogP contribution in [0, 0.1) is 6.92 Å². The number of thioether (sulfide) groups is 1. The van der Waals surface area contributed by atoms with E-state index in [0.29, 0.717) is 15.8 Å². The molecule has 2 heterocycles. The Morgan fingerprint density at radius 1 is 1.59 bits per heavy atom. The number of aryl methyl sites for hydroxylation is 1. The van der Waals surface area contributed by atoms with E-state index < -0.39 is 5.97 Å². The van der Waals surface area contributed by atoms with E-state index in [9.17, 15) is 4.79 Å². The molecule has 1 unspecified atom stereocenters. The van der Waals surface area contributed by atoms with Crippen LogP contribution in [0.15, 0.2) is 0 Å². The number of aromatic nitrogens is 1. The van der Waals surface area contributed by atoms with Crippen molar-refractivity contribution in [2.75, 3.05) is 17.6 Å². The van der Waals surface area contributed by atoms with Crippen LogP contribution >= 0.6 is 23.1 Å². The number of rotatable bonds is 4. The van der Waals surface area contributed by atoms with Crippen molar-refractivity contribution < 1.29 is 9.90 Å². The molecule has 0 amide bonds. The number of hydrogen-bond acceptors (Lipinski definition) is 5. The molecule has 2 rings (SSSR count). The molecule has 1 atom stereocenters. The van der Waals surface area contributed by atoms with Crippen molar-refractivity contribution in [3.63, 3.8) is 0 Å². The second kappa shape index (κ2) is 5.73. The second-order valence-corrected chi connectivity index (χ2v) is 6.52. The minimum Gasteiger partial charge on any atom is -0.477 e. The monoisotopic (exact) mass is 272 g/mol. The average Bonchev–Trinajstić information content (AvgIpc) is 2.69. The van der Waals surface area contributed by atoms with E-state index in [1.54, 1.807) is 6.92 Å². The molecule has 0 aromatic carbocycles. The van der Waals surface area contributed by atoms with E-state index in [2.05, 4.69) is 10.3 Å². The Kier molecular flexibility index (Phi) is 4.28. The van der Waals surface area contributed by atoms with Crippen LogP contribution in [-0.2, 0) is 0 Å². The minimum absolute atomic E-state index is 0.337. The van der Waals surface area contributed by atoms with Crippen LogP contribution < -0.4 is 5.32 Å². The molecule has 6 heteroatoms. The number of hydrogen-bond donors (Lipinski definition) is 2. The molecule has 4 nitrogen and oxygen atoms in total. The maximum Gasteiger partial charge on any atom is 0.347 e. The zero-order chi connectivity index (χ0) is 12.3. The number of carbonyl (C=O) groups is 1. The fourth-order valence-corrected chi connectivity index (χ4v) is 3.89. The Hall–Kier alpha value is -0.750. The highest BCUT2D eigenvalue weighted by atomic mass is 32.2. The molecule has 1 fully saturated rings. The number of thiazole rings is 1. The Bertz CT molecular complexity index is 400. The average molecular weight is 272 g/mol. The minimum atomic E-state index is -0.889. The smallest absolute Gasteiger partial charge is 0.347 e. The molecule has 1 aromatic heterocycles. The normalized spacial score (nSPS) is 20.2. The van der Waals surface area contributed by atoms with E-state index in [1.165, 1.54) is 36.4 Å². The number of nitrogens with zero attached hydrogens (tertiary/aromatic N) is 1. The van der Waals surface area contributed by atoms with Gasteiger partial charge < -0.3 is 10.4 Å². The molecule has 0 saturated carbocycles. The van der Waals surface area contributed by atoms with Gasteiger partial charge in [0.25, 0.3) is 0 Å². The van der Waals surface area contributed by atoms with Crippen LogP contribution in [-0.4, -0.2) is 33.6 Å². The van der Waals surface area contributed by atoms with E-state index in [-0.39, 0.29) is 0 Å². The maximum absolute atomic E-state index is 10.9. The van der Waals surface area contributed by atoms with Crippen molar-refractivity contribution in [1.82, 2.24) is 4.98 Å². The van der Waals surface area contributed by atoms with Crippen LogP contribution in [0.1, 0.15) is 34.6 Å². The molecule has 1 saturated heterocycles. The molecule has 0 radical (unpaired) electrons. The summed E-state index contributed by atoms with van der Waals surface area (Å²) < 4.78 is 0. The van der Waals surface area contributed by atoms with Gasteiger partial charge in [-0.05, 0) is 25.5 Å². The summed E-state index contributed by atoms with van der Waals surface area (Å²) in [5, 5.41) is 13.6. The van der Waals surface area contributed by atoms with Gasteiger partial charge in [0.15, 0.2) is 5.13 Å². The molecule has 17 heavy (non-hydrogen) atoms. The van der Waals surface area contributed by atoms with E-state index >= 15 is 0 Å². The second-order valence-electron chi connectivity index (χ2n) is 4.11. The highest BCUT2D eigenvalue weighted by Crippen LogP contribution is 2.27. The van der Waals surface area contributed by atoms with Crippen molar-refractivity contribution in [2.45, 2.75) is 31.4 Å². The SMILES string of the molecule is Cc1nc(NCC2CCCCS2)sc1C(=O)O. The zero-order valence-corrected chi connectivity index (χ0v) is 11.4. The van der Waals surface area contributed by atoms with Crippen LogP contribution in [0.5, 0.6) is 0 Å². The molecule has 1 aliphatic heterocycles. The number of aromatic carboxylic acids is 1. The van der Waals surface area contributed by atoms with Gasteiger partial charge in [-0.25, -0.2) is 9.78 Å². The summed E-state index contributed by atoms with van der Waals surface area (Å²) in [6.07, 6.45) is 3.87. The zero-order valence-electron chi connectivity index (χ0n) is 9.73. The maximum atomic E-state index is 10.9.